The average Bonchev–Trinajstić information content (AvgIpc) is 2.99. The Morgan fingerprint density at radius 3 is 2.72 bits per heavy atom. The summed E-state index contributed by atoms with van der Waals surface area (Å²) >= 11 is 0. The minimum atomic E-state index is -3.07. The number of hydrogen-bond donors (Lipinski definition) is 1. The minimum absolute atomic E-state index is 0.0662. The van der Waals surface area contributed by atoms with Crippen molar-refractivity contribution in [1.29, 1.82) is 0 Å². The predicted octanol–water partition coefficient (Wildman–Crippen LogP) is 1.71. The van der Waals surface area contributed by atoms with Crippen molar-refractivity contribution in [3.8, 4) is 5.88 Å². The van der Waals surface area contributed by atoms with Crippen LogP contribution in [0.5, 0.6) is 5.88 Å². The smallest absolute Gasteiger partial charge is 0.224 e. The van der Waals surface area contributed by atoms with Gasteiger partial charge in [-0.2, -0.15) is 0 Å². The highest BCUT2D eigenvalue weighted by Crippen LogP contribution is 2.20. The fraction of sp³-hybridized carbons (Fsp3) is 0.333. The van der Waals surface area contributed by atoms with Crippen LogP contribution >= 0.6 is 0 Å². The van der Waals surface area contributed by atoms with Gasteiger partial charge in [-0.25, -0.2) is 13.4 Å². The zero-order chi connectivity index (χ0) is 17.7. The number of nitrogens with zero attached hydrogens (tertiary/aromatic N) is 1. The average molecular weight is 360 g/mol. The molecular formula is C18H20N2O4S. The van der Waals surface area contributed by atoms with Gasteiger partial charge in [0.25, 0.3) is 0 Å². The van der Waals surface area contributed by atoms with Gasteiger partial charge in [-0.1, -0.05) is 36.4 Å². The van der Waals surface area contributed by atoms with E-state index in [1.54, 1.807) is 12.3 Å². The number of nitrogens with one attached hydrogen (secondary N) is 1. The topological polar surface area (TPSA) is 85.4 Å². The maximum absolute atomic E-state index is 12.2. The Bertz CT molecular complexity index is 837. The second-order valence-electron chi connectivity index (χ2n) is 6.06. The van der Waals surface area contributed by atoms with Gasteiger partial charge in [-0.3, -0.25) is 4.79 Å². The number of rotatable bonds is 6. The van der Waals surface area contributed by atoms with Gasteiger partial charge in [-0.15, -0.1) is 0 Å². The van der Waals surface area contributed by atoms with Crippen molar-refractivity contribution in [3.63, 3.8) is 0 Å². The van der Waals surface area contributed by atoms with Gasteiger partial charge in [0, 0.05) is 18.3 Å². The van der Waals surface area contributed by atoms with Crippen molar-refractivity contribution >= 4 is 15.7 Å². The third-order valence-electron chi connectivity index (χ3n) is 4.12. The van der Waals surface area contributed by atoms with Crippen molar-refractivity contribution in [2.45, 2.75) is 19.6 Å². The fourth-order valence-electron chi connectivity index (χ4n) is 2.74. The molecule has 1 aliphatic rings. The van der Waals surface area contributed by atoms with Gasteiger partial charge >= 0.3 is 0 Å². The molecule has 3 rings (SSSR count). The number of carbonyl (C=O) groups excluding carboxylic acids is 1. The molecule has 25 heavy (non-hydrogen) atoms. The van der Waals surface area contributed by atoms with E-state index in [1.807, 2.05) is 36.4 Å². The summed E-state index contributed by atoms with van der Waals surface area (Å²) in [4.78, 5) is 16.4. The molecule has 0 saturated carbocycles. The van der Waals surface area contributed by atoms with Gasteiger partial charge in [0.15, 0.2) is 9.84 Å². The fourth-order valence-corrected chi connectivity index (χ4v) is 4.48. The lowest BCUT2D eigenvalue weighted by molar-refractivity contribution is -0.124. The van der Waals surface area contributed by atoms with Gasteiger partial charge in [0.1, 0.15) is 6.61 Å². The number of ether oxygens (including phenoxy) is 1. The van der Waals surface area contributed by atoms with E-state index in [1.165, 1.54) is 0 Å². The molecule has 1 saturated heterocycles. The van der Waals surface area contributed by atoms with E-state index in [0.717, 1.165) is 11.1 Å². The molecule has 0 unspecified atom stereocenters. The first-order valence-electron chi connectivity index (χ1n) is 8.12. The molecule has 1 aliphatic heterocycles. The van der Waals surface area contributed by atoms with Crippen LogP contribution in [0.2, 0.25) is 0 Å². The maximum atomic E-state index is 12.2. The molecule has 1 fully saturated rings. The molecule has 0 spiro atoms. The monoisotopic (exact) mass is 360 g/mol. The molecule has 0 radical (unpaired) electrons. The number of pyridine rings is 1. The second kappa shape index (κ2) is 7.65. The molecular weight excluding hydrogens is 340 g/mol. The summed E-state index contributed by atoms with van der Waals surface area (Å²) in [7, 11) is -3.07. The van der Waals surface area contributed by atoms with E-state index in [9.17, 15) is 13.2 Å². The molecule has 6 nitrogen and oxygen atoms in total. The maximum Gasteiger partial charge on any atom is 0.224 e. The van der Waals surface area contributed by atoms with Crippen LogP contribution in [0.4, 0.5) is 0 Å². The molecule has 132 valence electrons. The summed E-state index contributed by atoms with van der Waals surface area (Å²) in [6.45, 7) is 0.646. The molecule has 2 heterocycles. The summed E-state index contributed by atoms with van der Waals surface area (Å²) in [5, 5.41) is 2.79. The number of hydrogen-bond acceptors (Lipinski definition) is 5. The molecule has 2 aromatic rings. The van der Waals surface area contributed by atoms with Gasteiger partial charge < -0.3 is 10.1 Å². The molecule has 0 aliphatic carbocycles. The number of aromatic nitrogens is 1. The van der Waals surface area contributed by atoms with Crippen LogP contribution in [0.3, 0.4) is 0 Å². The summed E-state index contributed by atoms with van der Waals surface area (Å²) in [6, 6.07) is 13.3. The highest BCUT2D eigenvalue weighted by atomic mass is 32.2. The number of benzene rings is 1. The first kappa shape index (κ1) is 17.4. The van der Waals surface area contributed by atoms with E-state index in [-0.39, 0.29) is 24.0 Å². The summed E-state index contributed by atoms with van der Waals surface area (Å²) in [5.74, 6) is -0.216. The normalized spacial score (nSPS) is 18.6. The Labute approximate surface area is 147 Å². The van der Waals surface area contributed by atoms with E-state index >= 15 is 0 Å². The lowest BCUT2D eigenvalue weighted by Crippen LogP contribution is -2.31. The Balaban J connectivity index is 1.58. The standard InChI is InChI=1S/C18H20N2O4S/c21-17(16-8-10-25(22,23)13-16)20-11-15-7-4-9-19-18(15)24-12-14-5-2-1-3-6-14/h1-7,9,16H,8,10-13H2,(H,20,21)/t16-/m0/s1. The van der Waals surface area contributed by atoms with E-state index in [0.29, 0.717) is 18.9 Å². The molecule has 1 N–H and O–H groups in total. The third-order valence-corrected chi connectivity index (χ3v) is 5.89. The van der Waals surface area contributed by atoms with Crippen LogP contribution in [-0.2, 0) is 27.8 Å². The largest absolute Gasteiger partial charge is 0.473 e. The number of amides is 1. The molecule has 0 bridgehead atoms. The lowest BCUT2D eigenvalue weighted by Gasteiger charge is -2.13. The zero-order valence-electron chi connectivity index (χ0n) is 13.7. The van der Waals surface area contributed by atoms with Crippen LogP contribution < -0.4 is 10.1 Å². The molecule has 1 aromatic carbocycles. The zero-order valence-corrected chi connectivity index (χ0v) is 14.5. The molecule has 1 amide bonds. The molecule has 1 atom stereocenters. The van der Waals surface area contributed by atoms with E-state index in [2.05, 4.69) is 10.3 Å². The van der Waals surface area contributed by atoms with Crippen LogP contribution in [0.15, 0.2) is 48.7 Å². The first-order chi connectivity index (χ1) is 12.0. The Kier molecular flexibility index (Phi) is 5.33. The number of carbonyl (C=O) groups is 1. The van der Waals surface area contributed by atoms with Gasteiger partial charge in [0.05, 0.1) is 17.4 Å². The number of sulfone groups is 1. The highest BCUT2D eigenvalue weighted by molar-refractivity contribution is 7.91. The first-order valence-corrected chi connectivity index (χ1v) is 9.94. The summed E-state index contributed by atoms with van der Waals surface area (Å²) in [5.41, 5.74) is 1.78. The van der Waals surface area contributed by atoms with Crippen LogP contribution in [0.25, 0.3) is 0 Å². The highest BCUT2D eigenvalue weighted by Gasteiger charge is 2.32. The Morgan fingerprint density at radius 2 is 2.00 bits per heavy atom. The van der Waals surface area contributed by atoms with Gasteiger partial charge in [-0.05, 0) is 18.1 Å². The van der Waals surface area contributed by atoms with E-state index < -0.39 is 15.8 Å². The van der Waals surface area contributed by atoms with E-state index in [4.69, 9.17) is 4.74 Å². The Morgan fingerprint density at radius 1 is 1.20 bits per heavy atom. The van der Waals surface area contributed by atoms with Crippen molar-refractivity contribution in [2.24, 2.45) is 5.92 Å². The second-order valence-corrected chi connectivity index (χ2v) is 8.29. The van der Waals surface area contributed by atoms with Crippen molar-refractivity contribution in [2.75, 3.05) is 11.5 Å². The predicted molar refractivity (Wildman–Crippen MR) is 93.6 cm³/mol. The Hall–Kier alpha value is -2.41. The quantitative estimate of drug-likeness (QED) is 0.848. The third kappa shape index (κ3) is 4.79. The van der Waals surface area contributed by atoms with Crippen molar-refractivity contribution in [3.05, 3.63) is 59.8 Å². The molecule has 7 heteroatoms. The summed E-state index contributed by atoms with van der Waals surface area (Å²) in [6.07, 6.45) is 2.02. The van der Waals surface area contributed by atoms with Crippen LogP contribution in [-0.4, -0.2) is 30.8 Å². The van der Waals surface area contributed by atoms with Crippen molar-refractivity contribution < 1.29 is 17.9 Å². The SMILES string of the molecule is O=C(NCc1cccnc1OCc1ccccc1)[C@H]1CCS(=O)(=O)C1. The lowest BCUT2D eigenvalue weighted by atomic mass is 10.1. The minimum Gasteiger partial charge on any atom is -0.473 e. The molecule has 1 aromatic heterocycles. The van der Waals surface area contributed by atoms with Gasteiger partial charge in [0.2, 0.25) is 11.8 Å². The van der Waals surface area contributed by atoms with Crippen molar-refractivity contribution in [1.82, 2.24) is 10.3 Å². The summed E-state index contributed by atoms with van der Waals surface area (Å²) < 4.78 is 28.7. The van der Waals surface area contributed by atoms with Crippen LogP contribution in [0, 0.1) is 5.92 Å². The van der Waals surface area contributed by atoms with Crippen LogP contribution in [0.1, 0.15) is 17.5 Å².